The second-order valence-corrected chi connectivity index (χ2v) is 4.92. The Balaban J connectivity index is 2.49. The van der Waals surface area contributed by atoms with E-state index in [9.17, 15) is 20.2 Å². The number of hydrogen-bond donors (Lipinski definition) is 1. The molecule has 0 spiro atoms. The third-order valence-electron chi connectivity index (χ3n) is 2.47. The third-order valence-corrected chi connectivity index (χ3v) is 3.53. The van der Waals surface area contributed by atoms with E-state index in [-0.39, 0.29) is 16.3 Å². The molecule has 7 nitrogen and oxygen atoms in total. The normalized spacial score (nSPS) is 10.2. The number of nitrogen functional groups attached to an aromatic ring is 1. The zero-order chi connectivity index (χ0) is 14.7. The van der Waals surface area contributed by atoms with E-state index in [0.717, 1.165) is 22.7 Å². The molecule has 20 heavy (non-hydrogen) atoms. The van der Waals surface area contributed by atoms with Crippen molar-refractivity contribution in [2.45, 2.75) is 9.79 Å². The summed E-state index contributed by atoms with van der Waals surface area (Å²) in [4.78, 5) is 21.4. The fourth-order valence-electron chi connectivity index (χ4n) is 1.57. The summed E-state index contributed by atoms with van der Waals surface area (Å²) in [5, 5.41) is 21.8. The number of nitrogens with two attached hydrogens (primary N) is 1. The third kappa shape index (κ3) is 2.86. The maximum absolute atomic E-state index is 11.0. The first-order valence-corrected chi connectivity index (χ1v) is 6.26. The van der Waals surface area contributed by atoms with E-state index in [4.69, 9.17) is 5.73 Å². The monoisotopic (exact) mass is 291 g/mol. The molecular weight excluding hydrogens is 282 g/mol. The quantitative estimate of drug-likeness (QED) is 0.525. The number of anilines is 1. The molecule has 0 atom stereocenters. The van der Waals surface area contributed by atoms with E-state index in [0.29, 0.717) is 0 Å². The highest BCUT2D eigenvalue weighted by Crippen LogP contribution is 2.39. The molecule has 2 aromatic rings. The average Bonchev–Trinajstić information content (AvgIpc) is 2.39. The van der Waals surface area contributed by atoms with Crippen LogP contribution in [-0.4, -0.2) is 9.85 Å². The van der Waals surface area contributed by atoms with Gasteiger partial charge in [-0.05, 0) is 18.2 Å². The number of hydrogen-bond acceptors (Lipinski definition) is 6. The molecule has 0 aliphatic heterocycles. The summed E-state index contributed by atoms with van der Waals surface area (Å²) in [6.07, 6.45) is 0. The smallest absolute Gasteiger partial charge is 0.299 e. The van der Waals surface area contributed by atoms with Gasteiger partial charge in [0.25, 0.3) is 11.4 Å². The molecule has 0 aromatic heterocycles. The van der Waals surface area contributed by atoms with Crippen molar-refractivity contribution in [1.82, 2.24) is 0 Å². The van der Waals surface area contributed by atoms with Crippen molar-refractivity contribution < 1.29 is 9.85 Å². The Labute approximate surface area is 117 Å². The topological polar surface area (TPSA) is 112 Å². The Morgan fingerprint density at radius 1 is 0.950 bits per heavy atom. The van der Waals surface area contributed by atoms with Gasteiger partial charge in [0.2, 0.25) is 0 Å². The van der Waals surface area contributed by atoms with Crippen LogP contribution in [0.1, 0.15) is 0 Å². The fourth-order valence-corrected chi connectivity index (χ4v) is 2.54. The van der Waals surface area contributed by atoms with E-state index < -0.39 is 15.5 Å². The first kappa shape index (κ1) is 13.8. The van der Waals surface area contributed by atoms with Gasteiger partial charge in [-0.1, -0.05) is 30.0 Å². The van der Waals surface area contributed by atoms with Crippen LogP contribution >= 0.6 is 11.8 Å². The largest absolute Gasteiger partial charge is 0.393 e. The SMILES string of the molecule is Nc1cc(Sc2ccccc2)c([N+](=O)[O-])cc1[N+](=O)[O-]. The van der Waals surface area contributed by atoms with Crippen LogP contribution < -0.4 is 5.73 Å². The van der Waals surface area contributed by atoms with Crippen LogP contribution in [0, 0.1) is 20.2 Å². The molecule has 0 heterocycles. The van der Waals surface area contributed by atoms with Crippen LogP contribution in [0.15, 0.2) is 52.3 Å². The van der Waals surface area contributed by atoms with E-state index in [1.807, 2.05) is 6.07 Å². The van der Waals surface area contributed by atoms with Crippen molar-refractivity contribution >= 4 is 28.8 Å². The van der Waals surface area contributed by atoms with E-state index in [1.54, 1.807) is 24.3 Å². The summed E-state index contributed by atoms with van der Waals surface area (Å²) in [6.45, 7) is 0. The Bertz CT molecular complexity index is 676. The number of nitro groups is 2. The highest BCUT2D eigenvalue weighted by Gasteiger charge is 2.23. The standard InChI is InChI=1S/C12H9N3O4S/c13-9-6-12(20-8-4-2-1-3-5-8)11(15(18)19)7-10(9)14(16)17/h1-7H,13H2. The highest BCUT2D eigenvalue weighted by molar-refractivity contribution is 7.99. The summed E-state index contributed by atoms with van der Waals surface area (Å²) in [5.74, 6) is 0. The minimum absolute atomic E-state index is 0.0981. The molecule has 2 rings (SSSR count). The maximum atomic E-state index is 11.0. The molecule has 0 fully saturated rings. The lowest BCUT2D eigenvalue weighted by Crippen LogP contribution is -1.99. The minimum atomic E-state index is -0.737. The van der Waals surface area contributed by atoms with Crippen LogP contribution in [-0.2, 0) is 0 Å². The lowest BCUT2D eigenvalue weighted by molar-refractivity contribution is -0.395. The zero-order valence-electron chi connectivity index (χ0n) is 10.1. The van der Waals surface area contributed by atoms with Gasteiger partial charge >= 0.3 is 0 Å². The van der Waals surface area contributed by atoms with Gasteiger partial charge in [-0.25, -0.2) is 0 Å². The van der Waals surface area contributed by atoms with Gasteiger partial charge in [0.05, 0.1) is 20.8 Å². The number of benzene rings is 2. The molecular formula is C12H9N3O4S. The molecule has 2 N–H and O–H groups in total. The van der Waals surface area contributed by atoms with Crippen molar-refractivity contribution in [3.8, 4) is 0 Å². The predicted molar refractivity (Wildman–Crippen MR) is 74.7 cm³/mol. The van der Waals surface area contributed by atoms with Gasteiger partial charge in [0, 0.05) is 4.90 Å². The Kier molecular flexibility index (Phi) is 3.85. The highest BCUT2D eigenvalue weighted by atomic mass is 32.2. The van der Waals surface area contributed by atoms with Crippen molar-refractivity contribution in [2.24, 2.45) is 0 Å². The molecule has 0 saturated heterocycles. The fraction of sp³-hybridized carbons (Fsp3) is 0. The second-order valence-electron chi connectivity index (χ2n) is 3.81. The predicted octanol–water partition coefficient (Wildman–Crippen LogP) is 3.24. The van der Waals surface area contributed by atoms with Crippen LogP contribution in [0.5, 0.6) is 0 Å². The molecule has 0 unspecified atom stereocenters. The summed E-state index contributed by atoms with van der Waals surface area (Å²) in [7, 11) is 0. The number of nitro benzene ring substituents is 2. The van der Waals surface area contributed by atoms with E-state index in [1.165, 1.54) is 6.07 Å². The lowest BCUT2D eigenvalue weighted by atomic mass is 10.2. The molecule has 2 aromatic carbocycles. The molecule has 0 aliphatic rings. The van der Waals surface area contributed by atoms with Crippen LogP contribution in [0.4, 0.5) is 17.1 Å². The van der Waals surface area contributed by atoms with Crippen LogP contribution in [0.2, 0.25) is 0 Å². The van der Waals surface area contributed by atoms with Gasteiger partial charge in [-0.3, -0.25) is 20.2 Å². The molecule has 0 bridgehead atoms. The maximum Gasteiger partial charge on any atom is 0.299 e. The molecule has 0 amide bonds. The van der Waals surface area contributed by atoms with Gasteiger partial charge in [0.15, 0.2) is 0 Å². The van der Waals surface area contributed by atoms with Gasteiger partial charge in [-0.15, -0.1) is 0 Å². The van der Waals surface area contributed by atoms with E-state index >= 15 is 0 Å². The minimum Gasteiger partial charge on any atom is -0.393 e. The van der Waals surface area contributed by atoms with Gasteiger partial charge in [0.1, 0.15) is 5.69 Å². The van der Waals surface area contributed by atoms with Crippen molar-refractivity contribution in [3.63, 3.8) is 0 Å². The Morgan fingerprint density at radius 2 is 1.55 bits per heavy atom. The Hall–Kier alpha value is -2.61. The summed E-state index contributed by atoms with van der Waals surface area (Å²) < 4.78 is 0. The van der Waals surface area contributed by atoms with Crippen molar-refractivity contribution in [2.75, 3.05) is 5.73 Å². The summed E-state index contributed by atoms with van der Waals surface area (Å²) in [5.41, 5.74) is 4.67. The molecule has 0 saturated carbocycles. The molecule has 102 valence electrons. The zero-order valence-corrected chi connectivity index (χ0v) is 10.9. The molecule has 0 aliphatic carbocycles. The number of rotatable bonds is 4. The van der Waals surface area contributed by atoms with Gasteiger partial charge < -0.3 is 5.73 Å². The van der Waals surface area contributed by atoms with Gasteiger partial charge in [-0.2, -0.15) is 0 Å². The second kappa shape index (κ2) is 5.57. The number of nitrogens with zero attached hydrogens (tertiary/aromatic N) is 2. The van der Waals surface area contributed by atoms with Crippen LogP contribution in [0.25, 0.3) is 0 Å². The lowest BCUT2D eigenvalue weighted by Gasteiger charge is -2.05. The summed E-state index contributed by atoms with van der Waals surface area (Å²) >= 11 is 1.13. The van der Waals surface area contributed by atoms with Crippen molar-refractivity contribution in [3.05, 3.63) is 62.7 Å². The first-order valence-electron chi connectivity index (χ1n) is 5.44. The molecule has 8 heteroatoms. The molecule has 0 radical (unpaired) electrons. The Morgan fingerprint density at radius 3 is 2.10 bits per heavy atom. The first-order chi connectivity index (χ1) is 9.49. The van der Waals surface area contributed by atoms with Crippen LogP contribution in [0.3, 0.4) is 0 Å². The average molecular weight is 291 g/mol. The summed E-state index contributed by atoms with van der Waals surface area (Å²) in [6, 6.07) is 11.1. The van der Waals surface area contributed by atoms with Crippen molar-refractivity contribution in [1.29, 1.82) is 0 Å². The van der Waals surface area contributed by atoms with E-state index in [2.05, 4.69) is 0 Å².